The number of hydrogen-bond acceptors (Lipinski definition) is 7. The van der Waals surface area contributed by atoms with Gasteiger partial charge >= 0.3 is 19.8 Å². The molecule has 96 heavy (non-hydrogen) atoms. The van der Waals surface area contributed by atoms with Crippen LogP contribution >= 0.6 is 7.82 Å². The van der Waals surface area contributed by atoms with Crippen LogP contribution in [0.3, 0.4) is 0 Å². The van der Waals surface area contributed by atoms with Crippen LogP contribution in [0.2, 0.25) is 0 Å². The lowest BCUT2D eigenvalue weighted by Gasteiger charge is -2.24. The molecule has 10 heteroatoms. The van der Waals surface area contributed by atoms with Crippen molar-refractivity contribution in [3.8, 4) is 0 Å². The third-order valence-corrected chi connectivity index (χ3v) is 18.2. The second-order valence-corrected chi connectivity index (χ2v) is 29.1. The largest absolute Gasteiger partial charge is 0.472 e. The van der Waals surface area contributed by atoms with Crippen LogP contribution in [0, 0.1) is 0 Å². The minimum absolute atomic E-state index is 0.0296. The number of esters is 2. The van der Waals surface area contributed by atoms with Gasteiger partial charge in [-0.1, -0.05) is 359 Å². The van der Waals surface area contributed by atoms with E-state index in [1.54, 1.807) is 0 Å². The van der Waals surface area contributed by atoms with Crippen LogP contribution < -0.4 is 0 Å². The highest BCUT2D eigenvalue weighted by molar-refractivity contribution is 7.47. The number of carbonyl (C=O) groups excluding carboxylic acids is 2. The first-order chi connectivity index (χ1) is 47.0. The molecule has 0 aliphatic rings. The second-order valence-electron chi connectivity index (χ2n) is 27.7. The zero-order valence-corrected chi connectivity index (χ0v) is 64.0. The van der Waals surface area contributed by atoms with Crippen molar-refractivity contribution < 1.29 is 42.1 Å². The van der Waals surface area contributed by atoms with Crippen LogP contribution in [0.5, 0.6) is 0 Å². The lowest BCUT2D eigenvalue weighted by Crippen LogP contribution is -2.37. The number of unbranched alkanes of at least 4 members (excludes halogenated alkanes) is 37. The van der Waals surface area contributed by atoms with Crippen LogP contribution in [-0.4, -0.2) is 74.9 Å². The molecule has 0 aromatic carbocycles. The third-order valence-electron chi connectivity index (χ3n) is 17.2. The summed E-state index contributed by atoms with van der Waals surface area (Å²) >= 11 is 0. The number of hydrogen-bond donors (Lipinski definition) is 1. The predicted molar refractivity (Wildman–Crippen MR) is 417 cm³/mol. The maximum atomic E-state index is 12.9. The molecule has 0 spiro atoms. The summed E-state index contributed by atoms with van der Waals surface area (Å²) in [7, 11) is 1.48. The average molecular weight is 1360 g/mol. The van der Waals surface area contributed by atoms with Gasteiger partial charge in [0.2, 0.25) is 0 Å². The number of quaternary nitrogens is 1. The van der Waals surface area contributed by atoms with E-state index in [1.165, 1.54) is 212 Å². The number of rotatable bonds is 73. The van der Waals surface area contributed by atoms with Crippen molar-refractivity contribution in [2.45, 2.75) is 354 Å². The van der Waals surface area contributed by atoms with Crippen molar-refractivity contribution in [3.63, 3.8) is 0 Å². The standard InChI is InChI=1S/C86H150NO8P/c1-6-8-10-12-14-16-18-20-22-24-26-28-30-32-34-36-38-40-41-42-43-44-45-47-49-51-53-55-57-59-61-63-65-67-69-71-73-75-77-79-86(89)95-84(83-94-96(90,91)93-81-80-87(3,4)5)82-92-85(88)78-76-74-72-70-68-66-64-62-60-58-56-54-52-50-48-46-39-37-35-33-31-29-27-25-23-21-19-17-15-13-11-9-7-2/h8-11,14-17,20-23,26-29,32-35,38,40,84H,6-7,12-13,18-19,24-25,30-31,36-37,39,41-83H2,1-5H3/p+1/b10-8-,11-9-,16-14-,17-15-,22-20-,23-21-,28-26-,29-27-,34-32-,35-33-,40-38-. The molecule has 552 valence electrons. The topological polar surface area (TPSA) is 108 Å². The van der Waals surface area contributed by atoms with Crippen LogP contribution in [-0.2, 0) is 32.7 Å². The van der Waals surface area contributed by atoms with Crippen molar-refractivity contribution in [2.75, 3.05) is 47.5 Å². The molecular weight excluding hydrogens is 1210 g/mol. The Morgan fingerprint density at radius 2 is 0.562 bits per heavy atom. The predicted octanol–water partition coefficient (Wildman–Crippen LogP) is 26.7. The number of nitrogens with zero attached hydrogens (tertiary/aromatic N) is 1. The number of carbonyl (C=O) groups is 2. The molecule has 0 aromatic heterocycles. The van der Waals surface area contributed by atoms with Crippen LogP contribution in [0.25, 0.3) is 0 Å². The Morgan fingerprint density at radius 3 is 0.833 bits per heavy atom. The molecule has 2 atom stereocenters. The lowest BCUT2D eigenvalue weighted by molar-refractivity contribution is -0.870. The van der Waals surface area contributed by atoms with E-state index in [9.17, 15) is 19.0 Å². The van der Waals surface area contributed by atoms with E-state index < -0.39 is 26.5 Å². The average Bonchev–Trinajstić information content (AvgIpc) is 1.98. The van der Waals surface area contributed by atoms with E-state index >= 15 is 0 Å². The van der Waals surface area contributed by atoms with Gasteiger partial charge in [-0.05, 0) is 109 Å². The summed E-state index contributed by atoms with van der Waals surface area (Å²) in [5, 5.41) is 0. The van der Waals surface area contributed by atoms with E-state index in [1.807, 2.05) is 21.1 Å². The van der Waals surface area contributed by atoms with E-state index in [0.29, 0.717) is 17.4 Å². The third kappa shape index (κ3) is 79.1. The van der Waals surface area contributed by atoms with Crippen LogP contribution in [0.4, 0.5) is 0 Å². The highest BCUT2D eigenvalue weighted by Gasteiger charge is 2.27. The summed E-state index contributed by atoms with van der Waals surface area (Å²) in [5.74, 6) is -0.786. The molecule has 0 rings (SSSR count). The SMILES string of the molecule is CC/C=C\C/C=C\C/C=C\C/C=C\C/C=C\C/C=C\CCCCCCCCCCCCCCCCCCCCCCC(=O)OC(COC(=O)CCCCCCCCCCCCCCCCCCC/C=C\C/C=C\C/C=C\C/C=C\C/C=C\CC)COP(=O)(O)OCC[N+](C)(C)C. The minimum Gasteiger partial charge on any atom is -0.462 e. The number of phosphoric acid groups is 1. The van der Waals surface area contributed by atoms with Crippen molar-refractivity contribution in [2.24, 2.45) is 0 Å². The molecule has 1 N–H and O–H groups in total. The fourth-order valence-electron chi connectivity index (χ4n) is 11.2. The normalized spacial score (nSPS) is 13.8. The molecule has 2 unspecified atom stereocenters. The van der Waals surface area contributed by atoms with Crippen molar-refractivity contribution in [1.82, 2.24) is 0 Å². The highest BCUT2D eigenvalue weighted by Crippen LogP contribution is 2.43. The number of allylic oxidation sites excluding steroid dienone is 22. The monoisotopic (exact) mass is 1360 g/mol. The first-order valence-electron chi connectivity index (χ1n) is 39.9. The Hall–Kier alpha value is -3.85. The van der Waals surface area contributed by atoms with E-state index in [0.717, 1.165) is 103 Å². The summed E-state index contributed by atoms with van der Waals surface area (Å²) in [6, 6.07) is 0. The first-order valence-corrected chi connectivity index (χ1v) is 41.4. The van der Waals surface area contributed by atoms with Gasteiger partial charge in [-0.2, -0.15) is 0 Å². The van der Waals surface area contributed by atoms with Gasteiger partial charge in [0.1, 0.15) is 19.8 Å². The molecule has 0 bridgehead atoms. The van der Waals surface area contributed by atoms with E-state index in [-0.39, 0.29) is 32.0 Å². The van der Waals surface area contributed by atoms with Crippen LogP contribution in [0.1, 0.15) is 348 Å². The van der Waals surface area contributed by atoms with Gasteiger partial charge < -0.3 is 18.9 Å². The Morgan fingerprint density at radius 1 is 0.323 bits per heavy atom. The smallest absolute Gasteiger partial charge is 0.462 e. The van der Waals surface area contributed by atoms with Gasteiger partial charge in [0.05, 0.1) is 27.7 Å². The van der Waals surface area contributed by atoms with Gasteiger partial charge in [-0.3, -0.25) is 18.6 Å². The van der Waals surface area contributed by atoms with Gasteiger partial charge in [-0.15, -0.1) is 0 Å². The summed E-state index contributed by atoms with van der Waals surface area (Å²) in [4.78, 5) is 36.0. The maximum absolute atomic E-state index is 12.9. The van der Waals surface area contributed by atoms with E-state index in [2.05, 4.69) is 148 Å². The van der Waals surface area contributed by atoms with Crippen molar-refractivity contribution >= 4 is 19.8 Å². The molecule has 0 aromatic rings. The summed E-state index contributed by atoms with van der Waals surface area (Å²) in [6.07, 6.45) is 110. The molecule has 0 aliphatic carbocycles. The number of phosphoric ester groups is 1. The highest BCUT2D eigenvalue weighted by atomic mass is 31.2. The molecule has 0 fully saturated rings. The number of ether oxygens (including phenoxy) is 2. The molecule has 0 radical (unpaired) electrons. The minimum atomic E-state index is -4.40. The van der Waals surface area contributed by atoms with Crippen LogP contribution in [0.15, 0.2) is 134 Å². The molecule has 9 nitrogen and oxygen atoms in total. The molecule has 0 heterocycles. The summed E-state index contributed by atoms with van der Waals surface area (Å²) in [5.41, 5.74) is 0. The summed E-state index contributed by atoms with van der Waals surface area (Å²) < 4.78 is 34.8. The van der Waals surface area contributed by atoms with E-state index in [4.69, 9.17) is 18.5 Å². The molecule has 0 saturated heterocycles. The zero-order chi connectivity index (χ0) is 69.7. The van der Waals surface area contributed by atoms with Gasteiger partial charge in [0.15, 0.2) is 6.10 Å². The van der Waals surface area contributed by atoms with Gasteiger partial charge in [0.25, 0.3) is 0 Å². The zero-order valence-electron chi connectivity index (χ0n) is 63.1. The molecular formula is C86H151NO8P+. The molecule has 0 amide bonds. The summed E-state index contributed by atoms with van der Waals surface area (Å²) in [6.45, 7) is 4.24. The second kappa shape index (κ2) is 75.4. The van der Waals surface area contributed by atoms with Gasteiger partial charge in [0, 0.05) is 12.8 Å². The van der Waals surface area contributed by atoms with Crippen molar-refractivity contribution in [1.29, 1.82) is 0 Å². The van der Waals surface area contributed by atoms with Crippen molar-refractivity contribution in [3.05, 3.63) is 134 Å². The molecule has 0 aliphatic heterocycles. The maximum Gasteiger partial charge on any atom is 0.472 e. The quantitative estimate of drug-likeness (QED) is 0.0211. The Kier molecular flexibility index (Phi) is 72.3. The Labute approximate surface area is 593 Å². The Bertz CT molecular complexity index is 2090. The number of likely N-dealkylation sites (N-methyl/N-ethyl adjacent to an activating group) is 1. The Balaban J connectivity index is 3.96. The fraction of sp³-hybridized carbons (Fsp3) is 0.721. The molecule has 0 saturated carbocycles. The fourth-order valence-corrected chi connectivity index (χ4v) is 11.9. The van der Waals surface area contributed by atoms with Gasteiger partial charge in [-0.25, -0.2) is 4.57 Å². The lowest BCUT2D eigenvalue weighted by atomic mass is 10.0. The first kappa shape index (κ1) is 92.2.